The third kappa shape index (κ3) is 2.81. The van der Waals surface area contributed by atoms with Crippen LogP contribution in [0.2, 0.25) is 0 Å². The maximum atomic E-state index is 5.86. The first-order chi connectivity index (χ1) is 11.2. The summed E-state index contributed by atoms with van der Waals surface area (Å²) in [5, 5.41) is 11.8. The van der Waals surface area contributed by atoms with E-state index in [0.29, 0.717) is 12.0 Å². The van der Waals surface area contributed by atoms with Crippen molar-refractivity contribution >= 4 is 5.82 Å². The Balaban J connectivity index is 1.42. The number of aromatic nitrogens is 2. The second-order valence-electron chi connectivity index (χ2n) is 6.69. The van der Waals surface area contributed by atoms with E-state index in [9.17, 15) is 0 Å². The van der Waals surface area contributed by atoms with E-state index >= 15 is 0 Å². The number of ether oxygens (including phenoxy) is 1. The molecule has 5 nitrogen and oxygen atoms in total. The fourth-order valence-electron chi connectivity index (χ4n) is 3.62. The van der Waals surface area contributed by atoms with Gasteiger partial charge < -0.3 is 15.4 Å². The van der Waals surface area contributed by atoms with Crippen molar-refractivity contribution in [1.82, 2.24) is 15.1 Å². The number of nitrogens with one attached hydrogen (secondary N) is 2. The summed E-state index contributed by atoms with van der Waals surface area (Å²) in [6, 6.07) is 8.93. The molecule has 122 valence electrons. The molecule has 0 saturated carbocycles. The van der Waals surface area contributed by atoms with Crippen molar-refractivity contribution in [3.63, 3.8) is 0 Å². The molecule has 2 aromatic rings. The Morgan fingerprint density at radius 1 is 1.39 bits per heavy atom. The van der Waals surface area contributed by atoms with Crippen molar-refractivity contribution in [2.24, 2.45) is 5.92 Å². The zero-order chi connectivity index (χ0) is 15.8. The second-order valence-corrected chi connectivity index (χ2v) is 6.69. The first kappa shape index (κ1) is 14.6. The molecule has 2 N–H and O–H groups in total. The molecule has 1 aromatic carbocycles. The van der Waals surface area contributed by atoms with E-state index < -0.39 is 0 Å². The number of benzene rings is 1. The van der Waals surface area contributed by atoms with Crippen LogP contribution >= 0.6 is 0 Å². The molecule has 0 saturated heterocycles. The van der Waals surface area contributed by atoms with Crippen LogP contribution in [0, 0.1) is 19.8 Å². The zero-order valence-corrected chi connectivity index (χ0v) is 13.8. The Morgan fingerprint density at radius 3 is 3.22 bits per heavy atom. The van der Waals surface area contributed by atoms with Gasteiger partial charge in [-0.15, -0.1) is 0 Å². The quantitative estimate of drug-likeness (QED) is 0.915. The van der Waals surface area contributed by atoms with Crippen LogP contribution in [0.1, 0.15) is 29.3 Å². The number of aryl methyl sites for hydroxylation is 2. The van der Waals surface area contributed by atoms with Gasteiger partial charge in [-0.3, -0.25) is 0 Å². The Kier molecular flexibility index (Phi) is 3.73. The number of para-hydroxylation sites is 1. The van der Waals surface area contributed by atoms with Gasteiger partial charge in [-0.2, -0.15) is 5.10 Å². The molecule has 0 aliphatic carbocycles. The van der Waals surface area contributed by atoms with Gasteiger partial charge in [-0.25, -0.2) is 4.68 Å². The lowest BCUT2D eigenvalue weighted by Gasteiger charge is -2.31. The minimum Gasteiger partial charge on any atom is -0.493 e. The molecule has 5 heteroatoms. The van der Waals surface area contributed by atoms with Crippen LogP contribution in [0.25, 0.3) is 0 Å². The third-order valence-corrected chi connectivity index (χ3v) is 4.83. The molecule has 1 aromatic heterocycles. The SMILES string of the molecule is Cc1cc2n(n1)C[C@@H](CN[C@H]1CCOc3c(C)cccc31)CN2. The molecular formula is C18H24N4O. The molecule has 2 atom stereocenters. The highest BCUT2D eigenvalue weighted by Crippen LogP contribution is 2.34. The van der Waals surface area contributed by atoms with E-state index in [1.54, 1.807) is 0 Å². The number of rotatable bonds is 3. The standard InChI is InChI=1S/C18H24N4O/c1-12-4-3-5-15-16(6-7-23-18(12)15)19-9-14-10-20-17-8-13(2)21-22(17)11-14/h3-5,8,14,16,19-20H,6-7,9-11H2,1-2H3/t14-,16-/m0/s1. The molecule has 0 bridgehead atoms. The maximum absolute atomic E-state index is 5.86. The Morgan fingerprint density at radius 2 is 2.30 bits per heavy atom. The third-order valence-electron chi connectivity index (χ3n) is 4.83. The smallest absolute Gasteiger partial charge is 0.126 e. The van der Waals surface area contributed by atoms with Crippen LogP contribution in [0.3, 0.4) is 0 Å². The summed E-state index contributed by atoms with van der Waals surface area (Å²) in [5.74, 6) is 2.77. The summed E-state index contributed by atoms with van der Waals surface area (Å²) in [6.45, 7) is 7.93. The van der Waals surface area contributed by atoms with E-state index in [-0.39, 0.29) is 0 Å². The first-order valence-corrected chi connectivity index (χ1v) is 8.45. The van der Waals surface area contributed by atoms with Crippen molar-refractivity contribution in [3.05, 3.63) is 41.1 Å². The topological polar surface area (TPSA) is 51.1 Å². The average molecular weight is 312 g/mol. The van der Waals surface area contributed by atoms with Gasteiger partial charge in [-0.05, 0) is 19.4 Å². The largest absolute Gasteiger partial charge is 0.493 e. The van der Waals surface area contributed by atoms with Gasteiger partial charge in [0.25, 0.3) is 0 Å². The molecular weight excluding hydrogens is 288 g/mol. The van der Waals surface area contributed by atoms with Gasteiger partial charge >= 0.3 is 0 Å². The molecule has 0 amide bonds. The summed E-state index contributed by atoms with van der Waals surface area (Å²) >= 11 is 0. The molecule has 2 aliphatic heterocycles. The number of nitrogens with zero attached hydrogens (tertiary/aromatic N) is 2. The van der Waals surface area contributed by atoms with Crippen LogP contribution in [-0.4, -0.2) is 29.5 Å². The lowest BCUT2D eigenvalue weighted by Crippen LogP contribution is -2.38. The van der Waals surface area contributed by atoms with Crippen LogP contribution in [0.4, 0.5) is 5.82 Å². The summed E-state index contributed by atoms with van der Waals surface area (Å²) in [7, 11) is 0. The fourth-order valence-corrected chi connectivity index (χ4v) is 3.62. The lowest BCUT2D eigenvalue weighted by molar-refractivity contribution is 0.244. The highest BCUT2D eigenvalue weighted by Gasteiger charge is 2.25. The minimum atomic E-state index is 0.388. The molecule has 2 aliphatic rings. The normalized spacial score (nSPS) is 22.7. The molecule has 0 spiro atoms. The number of hydrogen-bond acceptors (Lipinski definition) is 4. The molecule has 0 radical (unpaired) electrons. The van der Waals surface area contributed by atoms with Crippen molar-refractivity contribution in [2.45, 2.75) is 32.9 Å². The van der Waals surface area contributed by atoms with E-state index in [4.69, 9.17) is 4.74 Å². The molecule has 4 rings (SSSR count). The van der Waals surface area contributed by atoms with E-state index in [1.807, 2.05) is 6.92 Å². The van der Waals surface area contributed by atoms with E-state index in [2.05, 4.69) is 51.6 Å². The summed E-state index contributed by atoms with van der Waals surface area (Å²) in [5.41, 5.74) is 3.61. The predicted octanol–water partition coefficient (Wildman–Crippen LogP) is 2.66. The number of anilines is 1. The summed E-state index contributed by atoms with van der Waals surface area (Å²) in [6.07, 6.45) is 1.03. The van der Waals surface area contributed by atoms with Crippen LogP contribution in [0.5, 0.6) is 5.75 Å². The van der Waals surface area contributed by atoms with Gasteiger partial charge in [0, 0.05) is 49.6 Å². The average Bonchev–Trinajstić information content (AvgIpc) is 2.92. The maximum Gasteiger partial charge on any atom is 0.126 e. The Hall–Kier alpha value is -2.01. The lowest BCUT2D eigenvalue weighted by atomic mass is 9.97. The van der Waals surface area contributed by atoms with Gasteiger partial charge in [0.1, 0.15) is 11.6 Å². The van der Waals surface area contributed by atoms with Crippen molar-refractivity contribution in [1.29, 1.82) is 0 Å². The monoisotopic (exact) mass is 312 g/mol. The van der Waals surface area contributed by atoms with E-state index in [1.165, 1.54) is 11.1 Å². The van der Waals surface area contributed by atoms with Gasteiger partial charge in [-0.1, -0.05) is 18.2 Å². The fraction of sp³-hybridized carbons (Fsp3) is 0.500. The molecule has 23 heavy (non-hydrogen) atoms. The zero-order valence-electron chi connectivity index (χ0n) is 13.8. The molecule has 3 heterocycles. The second kappa shape index (κ2) is 5.89. The van der Waals surface area contributed by atoms with Crippen molar-refractivity contribution in [3.8, 4) is 5.75 Å². The number of hydrogen-bond donors (Lipinski definition) is 2. The number of fused-ring (bicyclic) bond motifs is 2. The summed E-state index contributed by atoms with van der Waals surface area (Å²) in [4.78, 5) is 0. The highest BCUT2D eigenvalue weighted by atomic mass is 16.5. The minimum absolute atomic E-state index is 0.388. The van der Waals surface area contributed by atoms with Crippen LogP contribution in [-0.2, 0) is 6.54 Å². The van der Waals surface area contributed by atoms with Gasteiger partial charge in [0.05, 0.1) is 12.3 Å². The molecule has 0 fully saturated rings. The molecule has 0 unspecified atom stereocenters. The Labute approximate surface area is 137 Å². The Bertz CT molecular complexity index is 709. The highest BCUT2D eigenvalue weighted by molar-refractivity contribution is 5.44. The van der Waals surface area contributed by atoms with E-state index in [0.717, 1.165) is 49.9 Å². The van der Waals surface area contributed by atoms with Gasteiger partial charge in [0.15, 0.2) is 0 Å². The van der Waals surface area contributed by atoms with Crippen LogP contribution < -0.4 is 15.4 Å². The van der Waals surface area contributed by atoms with Crippen LogP contribution in [0.15, 0.2) is 24.3 Å². The van der Waals surface area contributed by atoms with Gasteiger partial charge in [0.2, 0.25) is 0 Å². The first-order valence-electron chi connectivity index (χ1n) is 8.45. The van der Waals surface area contributed by atoms with Crippen molar-refractivity contribution < 1.29 is 4.74 Å². The predicted molar refractivity (Wildman–Crippen MR) is 91.0 cm³/mol. The van der Waals surface area contributed by atoms with Crippen molar-refractivity contribution in [2.75, 3.05) is 25.0 Å². The summed E-state index contributed by atoms with van der Waals surface area (Å²) < 4.78 is 7.95.